The van der Waals surface area contributed by atoms with Crippen molar-refractivity contribution in [3.63, 3.8) is 0 Å². The van der Waals surface area contributed by atoms with Gasteiger partial charge in [0.1, 0.15) is 16.3 Å². The van der Waals surface area contributed by atoms with E-state index < -0.39 is 56.8 Å². The molecule has 3 aromatic rings. The number of benzene rings is 2. The van der Waals surface area contributed by atoms with Gasteiger partial charge >= 0.3 is 12.5 Å². The number of carbonyl (C=O) groups excluding carboxylic acids is 1. The molecule has 14 heteroatoms. The number of ether oxygens (including phenoxy) is 1. The summed E-state index contributed by atoms with van der Waals surface area (Å²) in [5, 5.41) is 0.197. The van der Waals surface area contributed by atoms with Crippen LogP contribution in [0.5, 0.6) is 5.75 Å². The van der Waals surface area contributed by atoms with Gasteiger partial charge in [0.05, 0.1) is 5.56 Å². The number of aromatic nitrogens is 1. The second-order valence-corrected chi connectivity index (χ2v) is 10.4. The van der Waals surface area contributed by atoms with Crippen molar-refractivity contribution >= 4 is 26.8 Å². The molecule has 0 radical (unpaired) electrons. The van der Waals surface area contributed by atoms with Crippen LogP contribution >= 0.6 is 0 Å². The number of rotatable bonds is 4. The molecule has 1 N–H and O–H groups in total. The first-order chi connectivity index (χ1) is 16.7. The molecule has 0 saturated carbocycles. The van der Waals surface area contributed by atoms with Crippen LogP contribution in [0.2, 0.25) is 0 Å². The zero-order valence-corrected chi connectivity index (χ0v) is 18.9. The number of alkyl halides is 6. The summed E-state index contributed by atoms with van der Waals surface area (Å²) >= 11 is 0. The van der Waals surface area contributed by atoms with Gasteiger partial charge in [-0.25, -0.2) is 8.42 Å². The van der Waals surface area contributed by atoms with Crippen LogP contribution in [0.3, 0.4) is 0 Å². The highest BCUT2D eigenvalue weighted by atomic mass is 32.2. The van der Waals surface area contributed by atoms with Gasteiger partial charge in [0, 0.05) is 36.1 Å². The van der Waals surface area contributed by atoms with E-state index in [1.54, 1.807) is 0 Å². The number of nitrogens with zero attached hydrogens (tertiary/aromatic N) is 2. The third-order valence-corrected chi connectivity index (χ3v) is 8.25. The molecular formula is C22H17F6N3O4S. The van der Waals surface area contributed by atoms with Crippen molar-refractivity contribution in [2.45, 2.75) is 35.9 Å². The Bertz CT molecular complexity index is 1450. The molecule has 2 saturated heterocycles. The fraction of sp³-hybridized carbons (Fsp3) is 0.318. The van der Waals surface area contributed by atoms with Crippen molar-refractivity contribution < 1.29 is 44.3 Å². The number of nitrogens with one attached hydrogen (secondary N) is 1. The van der Waals surface area contributed by atoms with Crippen LogP contribution in [0.15, 0.2) is 53.4 Å². The zero-order chi connectivity index (χ0) is 26.0. The number of hydrogen-bond acceptors (Lipinski definition) is 4. The Morgan fingerprint density at radius 1 is 0.972 bits per heavy atom. The molecule has 5 rings (SSSR count). The lowest BCUT2D eigenvalue weighted by atomic mass is 10.1. The summed E-state index contributed by atoms with van der Waals surface area (Å²) in [6.07, 6.45) is -9.35. The Hall–Kier alpha value is -3.26. The van der Waals surface area contributed by atoms with Crippen LogP contribution in [0.25, 0.3) is 10.9 Å². The van der Waals surface area contributed by atoms with Gasteiger partial charge in [0.15, 0.2) is 0 Å². The Kier molecular flexibility index (Phi) is 5.52. The van der Waals surface area contributed by atoms with Crippen molar-refractivity contribution in [2.75, 3.05) is 13.1 Å². The molecule has 0 unspecified atom stereocenters. The third kappa shape index (κ3) is 4.28. The molecule has 2 aliphatic heterocycles. The quantitative estimate of drug-likeness (QED) is 0.505. The molecule has 2 aliphatic rings. The van der Waals surface area contributed by atoms with E-state index in [4.69, 9.17) is 0 Å². The van der Waals surface area contributed by atoms with Crippen molar-refractivity contribution in [1.82, 2.24) is 14.2 Å². The van der Waals surface area contributed by atoms with E-state index in [1.807, 2.05) is 0 Å². The van der Waals surface area contributed by atoms with Crippen LogP contribution in [0, 0.1) is 0 Å². The second kappa shape index (κ2) is 8.13. The van der Waals surface area contributed by atoms with E-state index in [9.17, 15) is 39.6 Å². The number of carbonyl (C=O) groups is 1. The molecule has 0 aliphatic carbocycles. The van der Waals surface area contributed by atoms with Gasteiger partial charge in [0.25, 0.3) is 5.91 Å². The number of halogens is 6. The number of sulfonamides is 1. The summed E-state index contributed by atoms with van der Waals surface area (Å²) in [5.41, 5.74) is -0.472. The van der Waals surface area contributed by atoms with Crippen LogP contribution < -0.4 is 4.74 Å². The molecule has 2 fully saturated rings. The predicted octanol–water partition coefficient (Wildman–Crippen LogP) is 4.37. The first-order valence-corrected chi connectivity index (χ1v) is 12.1. The third-order valence-electron chi connectivity index (χ3n) is 6.29. The largest absolute Gasteiger partial charge is 0.573 e. The smallest absolute Gasteiger partial charge is 0.404 e. The summed E-state index contributed by atoms with van der Waals surface area (Å²) in [7, 11) is -4.37. The molecule has 3 heterocycles. The number of para-hydroxylation sites is 1. The average Bonchev–Trinajstić information content (AvgIpc) is 3.50. The first kappa shape index (κ1) is 24.4. The van der Waals surface area contributed by atoms with Crippen molar-refractivity contribution in [3.05, 3.63) is 59.8 Å². The summed E-state index contributed by atoms with van der Waals surface area (Å²) in [5.74, 6) is -1.36. The number of fused-ring (bicyclic) bond motifs is 3. The van der Waals surface area contributed by atoms with Gasteiger partial charge in [-0.15, -0.1) is 13.2 Å². The molecule has 2 bridgehead atoms. The summed E-state index contributed by atoms with van der Waals surface area (Å²) < 4.78 is 109. The van der Waals surface area contributed by atoms with E-state index in [0.717, 1.165) is 28.6 Å². The molecule has 7 nitrogen and oxygen atoms in total. The standard InChI is InChI=1S/C22H17F6N3O4S/c23-21(24,25)13-5-6-16-12(7-13)8-17(29-16)20(32)30-10-15-9-14(30)11-31(15)36(33,34)19-4-2-1-3-18(19)35-22(26,27)28/h1-8,14-15,29H,9-11H2/t14-,15-/m0/s1. The molecule has 1 amide bonds. The van der Waals surface area contributed by atoms with Crippen LogP contribution in [0.4, 0.5) is 26.3 Å². The fourth-order valence-corrected chi connectivity index (χ4v) is 6.53. The molecule has 1 aromatic heterocycles. The number of H-pyrrole nitrogens is 1. The van der Waals surface area contributed by atoms with Gasteiger partial charge < -0.3 is 14.6 Å². The predicted molar refractivity (Wildman–Crippen MR) is 114 cm³/mol. The Morgan fingerprint density at radius 2 is 1.69 bits per heavy atom. The molecule has 2 aromatic carbocycles. The first-order valence-electron chi connectivity index (χ1n) is 10.6. The number of amides is 1. The van der Waals surface area contributed by atoms with E-state index in [2.05, 4.69) is 9.72 Å². The molecular weight excluding hydrogens is 516 g/mol. The minimum Gasteiger partial charge on any atom is -0.404 e. The molecule has 2 atom stereocenters. The van der Waals surface area contributed by atoms with E-state index >= 15 is 0 Å². The highest BCUT2D eigenvalue weighted by Crippen LogP contribution is 2.39. The van der Waals surface area contributed by atoms with Crippen molar-refractivity contribution in [1.29, 1.82) is 0 Å². The lowest BCUT2D eigenvalue weighted by Crippen LogP contribution is -2.50. The maximum Gasteiger partial charge on any atom is 0.573 e. The summed E-state index contributed by atoms with van der Waals surface area (Å²) in [6.45, 7) is -0.161. The van der Waals surface area contributed by atoms with E-state index in [0.29, 0.717) is 5.52 Å². The van der Waals surface area contributed by atoms with Crippen LogP contribution in [-0.2, 0) is 16.2 Å². The lowest BCUT2D eigenvalue weighted by Gasteiger charge is -2.33. The number of piperazine rings is 1. The summed E-state index contributed by atoms with van der Waals surface area (Å²) in [6, 6.07) is 7.54. The second-order valence-electron chi connectivity index (χ2n) is 8.55. The van der Waals surface area contributed by atoms with Gasteiger partial charge in [-0.2, -0.15) is 17.5 Å². The van der Waals surface area contributed by atoms with Gasteiger partial charge in [-0.3, -0.25) is 4.79 Å². The van der Waals surface area contributed by atoms with Gasteiger partial charge in [-0.1, -0.05) is 12.1 Å². The highest BCUT2D eigenvalue weighted by Gasteiger charge is 2.51. The number of aromatic amines is 1. The van der Waals surface area contributed by atoms with Gasteiger partial charge in [0.2, 0.25) is 10.0 Å². The van der Waals surface area contributed by atoms with Crippen LogP contribution in [0.1, 0.15) is 22.5 Å². The zero-order valence-electron chi connectivity index (χ0n) is 18.1. The lowest BCUT2D eigenvalue weighted by molar-refractivity contribution is -0.275. The van der Waals surface area contributed by atoms with E-state index in [-0.39, 0.29) is 30.6 Å². The average molecular weight is 533 g/mol. The highest BCUT2D eigenvalue weighted by molar-refractivity contribution is 7.89. The van der Waals surface area contributed by atoms with Gasteiger partial charge in [-0.05, 0) is 42.8 Å². The SMILES string of the molecule is O=C(c1cc2cc(C(F)(F)F)ccc2[nH]1)N1C[C@@H]2C[C@H]1CN2S(=O)(=O)c1ccccc1OC(F)(F)F. The van der Waals surface area contributed by atoms with Crippen molar-refractivity contribution in [3.8, 4) is 5.75 Å². The Balaban J connectivity index is 1.36. The minimum absolute atomic E-state index is 0.0197. The number of likely N-dealkylation sites (tertiary alicyclic amines) is 1. The Labute approximate surface area is 200 Å². The normalized spacial score (nSPS) is 20.9. The fourth-order valence-electron chi connectivity index (χ4n) is 4.75. The molecule has 0 spiro atoms. The molecule has 36 heavy (non-hydrogen) atoms. The van der Waals surface area contributed by atoms with Crippen LogP contribution in [-0.4, -0.2) is 60.0 Å². The van der Waals surface area contributed by atoms with E-state index in [1.165, 1.54) is 29.2 Å². The Morgan fingerprint density at radius 3 is 2.33 bits per heavy atom. The molecule has 192 valence electrons. The minimum atomic E-state index is -5.08. The maximum atomic E-state index is 13.2. The monoisotopic (exact) mass is 533 g/mol. The number of hydrogen-bond donors (Lipinski definition) is 1. The topological polar surface area (TPSA) is 82.7 Å². The maximum absolute atomic E-state index is 13.2. The summed E-state index contributed by atoms with van der Waals surface area (Å²) in [4.78, 5) is 16.7. The van der Waals surface area contributed by atoms with Crippen molar-refractivity contribution in [2.24, 2.45) is 0 Å².